The number of aromatic nitrogens is 1. The summed E-state index contributed by atoms with van der Waals surface area (Å²) in [6.07, 6.45) is 0. The smallest absolute Gasteiger partial charge is 0.321 e. The number of rotatable bonds is 3. The summed E-state index contributed by atoms with van der Waals surface area (Å²) in [5, 5.41) is 5.32. The Morgan fingerprint density at radius 3 is 2.70 bits per heavy atom. The minimum atomic E-state index is -0.538. The van der Waals surface area contributed by atoms with Crippen molar-refractivity contribution < 1.29 is 14.0 Å². The molecule has 2 aromatic rings. The van der Waals surface area contributed by atoms with Crippen LogP contribution in [0.5, 0.6) is 0 Å². The topological polar surface area (TPSA) is 84.2 Å². The molecule has 1 aromatic heterocycles. The Hall–Kier alpha value is -1.73. The number of hydrogen-bond acceptors (Lipinski definition) is 5. The quantitative estimate of drug-likeness (QED) is 0.822. The summed E-state index contributed by atoms with van der Waals surface area (Å²) in [4.78, 5) is 28.0. The van der Waals surface area contributed by atoms with Crippen LogP contribution in [0.4, 0.5) is 4.79 Å². The van der Waals surface area contributed by atoms with Crippen molar-refractivity contribution in [1.82, 2.24) is 15.6 Å². The standard InChI is InChI=1S/C15H18ClN3O3S/c1-8(12(20)18-13(21)19-15(2,3)4)23-14-17-10-6-5-9(16)7-11(10)22-14/h5-8H,1-4H3,(H2,18,19,20,21)/t8-/m1/s1. The largest absolute Gasteiger partial charge is 0.431 e. The predicted octanol–water partition coefficient (Wildman–Crippen LogP) is 3.59. The van der Waals surface area contributed by atoms with Crippen LogP contribution in [0.15, 0.2) is 27.8 Å². The van der Waals surface area contributed by atoms with E-state index in [4.69, 9.17) is 16.0 Å². The number of carbonyl (C=O) groups excluding carboxylic acids is 2. The highest BCUT2D eigenvalue weighted by atomic mass is 35.5. The van der Waals surface area contributed by atoms with E-state index in [0.29, 0.717) is 21.3 Å². The van der Waals surface area contributed by atoms with Crippen LogP contribution >= 0.6 is 23.4 Å². The van der Waals surface area contributed by atoms with E-state index in [2.05, 4.69) is 15.6 Å². The second-order valence-corrected chi connectivity index (χ2v) is 7.77. The molecule has 6 nitrogen and oxygen atoms in total. The third kappa shape index (κ3) is 5.14. The van der Waals surface area contributed by atoms with Crippen molar-refractivity contribution in [3.8, 4) is 0 Å². The van der Waals surface area contributed by atoms with Crippen LogP contribution in [0.1, 0.15) is 27.7 Å². The molecule has 0 radical (unpaired) electrons. The first kappa shape index (κ1) is 17.6. The minimum absolute atomic E-state index is 0.348. The van der Waals surface area contributed by atoms with Gasteiger partial charge in [-0.3, -0.25) is 10.1 Å². The van der Waals surface area contributed by atoms with Crippen molar-refractivity contribution in [3.63, 3.8) is 0 Å². The highest BCUT2D eigenvalue weighted by molar-refractivity contribution is 8.00. The van der Waals surface area contributed by atoms with Crippen molar-refractivity contribution in [1.29, 1.82) is 0 Å². The number of nitrogens with one attached hydrogen (secondary N) is 2. The van der Waals surface area contributed by atoms with Gasteiger partial charge in [-0.05, 0) is 39.8 Å². The zero-order chi connectivity index (χ0) is 17.2. The van der Waals surface area contributed by atoms with E-state index in [1.54, 1.807) is 25.1 Å². The number of nitrogens with zero attached hydrogens (tertiary/aromatic N) is 1. The molecular weight excluding hydrogens is 338 g/mol. The Labute approximate surface area is 143 Å². The Balaban J connectivity index is 1.98. The van der Waals surface area contributed by atoms with Gasteiger partial charge in [0.1, 0.15) is 5.52 Å². The highest BCUT2D eigenvalue weighted by Gasteiger charge is 2.22. The van der Waals surface area contributed by atoms with Crippen molar-refractivity contribution in [2.24, 2.45) is 0 Å². The average molecular weight is 356 g/mol. The monoisotopic (exact) mass is 355 g/mol. The molecule has 1 atom stereocenters. The summed E-state index contributed by atoms with van der Waals surface area (Å²) in [6, 6.07) is 4.59. The normalized spacial score (nSPS) is 12.9. The van der Waals surface area contributed by atoms with E-state index in [-0.39, 0.29) is 0 Å². The van der Waals surface area contributed by atoms with E-state index >= 15 is 0 Å². The molecule has 0 aliphatic heterocycles. The number of imide groups is 1. The molecule has 8 heteroatoms. The van der Waals surface area contributed by atoms with Gasteiger partial charge in [0.2, 0.25) is 5.91 Å². The van der Waals surface area contributed by atoms with Crippen molar-refractivity contribution in [3.05, 3.63) is 23.2 Å². The van der Waals surface area contributed by atoms with Gasteiger partial charge in [0.15, 0.2) is 5.58 Å². The lowest BCUT2D eigenvalue weighted by Crippen LogP contribution is -2.49. The van der Waals surface area contributed by atoms with Gasteiger partial charge in [-0.1, -0.05) is 23.4 Å². The lowest BCUT2D eigenvalue weighted by atomic mass is 10.1. The van der Waals surface area contributed by atoms with Crippen molar-refractivity contribution in [2.75, 3.05) is 0 Å². The molecule has 1 aromatic carbocycles. The maximum Gasteiger partial charge on any atom is 0.321 e. The number of thioether (sulfide) groups is 1. The van der Waals surface area contributed by atoms with Crippen LogP contribution in [0.25, 0.3) is 11.1 Å². The fourth-order valence-electron chi connectivity index (χ4n) is 1.72. The average Bonchev–Trinajstić information content (AvgIpc) is 2.77. The Kier molecular flexibility index (Phi) is 5.21. The summed E-state index contributed by atoms with van der Waals surface area (Å²) in [6.45, 7) is 7.17. The molecule has 0 saturated carbocycles. The first-order chi connectivity index (χ1) is 10.6. The Bertz CT molecular complexity index is 739. The number of fused-ring (bicyclic) bond motifs is 1. The molecule has 0 spiro atoms. The van der Waals surface area contributed by atoms with Crippen LogP contribution in [0.3, 0.4) is 0 Å². The molecule has 2 N–H and O–H groups in total. The molecule has 0 aliphatic carbocycles. The zero-order valence-corrected chi connectivity index (χ0v) is 14.8. The molecule has 0 saturated heterocycles. The Morgan fingerprint density at radius 2 is 2.04 bits per heavy atom. The third-order valence-electron chi connectivity index (χ3n) is 2.70. The van der Waals surface area contributed by atoms with E-state index in [1.807, 2.05) is 20.8 Å². The summed E-state index contributed by atoms with van der Waals surface area (Å²) >= 11 is 7.02. The third-order valence-corrected chi connectivity index (χ3v) is 3.88. The minimum Gasteiger partial charge on any atom is -0.431 e. The van der Waals surface area contributed by atoms with Crippen molar-refractivity contribution in [2.45, 2.75) is 43.7 Å². The molecular formula is C15H18ClN3O3S. The highest BCUT2D eigenvalue weighted by Crippen LogP contribution is 2.28. The fourth-order valence-corrected chi connectivity index (χ4v) is 2.64. The van der Waals surface area contributed by atoms with E-state index < -0.39 is 22.7 Å². The molecule has 1 heterocycles. The molecule has 0 unspecified atom stereocenters. The zero-order valence-electron chi connectivity index (χ0n) is 13.3. The van der Waals surface area contributed by atoms with Crippen LogP contribution in [-0.4, -0.2) is 27.7 Å². The number of oxazole rings is 1. The summed E-state index contributed by atoms with van der Waals surface area (Å²) in [7, 11) is 0. The summed E-state index contributed by atoms with van der Waals surface area (Å²) < 4.78 is 5.54. The van der Waals surface area contributed by atoms with Crippen molar-refractivity contribution >= 4 is 46.4 Å². The summed E-state index contributed by atoms with van der Waals surface area (Å²) in [5.41, 5.74) is 0.799. The number of urea groups is 1. The first-order valence-electron chi connectivity index (χ1n) is 7.00. The molecule has 0 fully saturated rings. The summed E-state index contributed by atoms with van der Waals surface area (Å²) in [5.74, 6) is -0.419. The second kappa shape index (κ2) is 6.80. The fraction of sp³-hybridized carbons (Fsp3) is 0.400. The van der Waals surface area contributed by atoms with Gasteiger partial charge < -0.3 is 9.73 Å². The molecule has 2 rings (SSSR count). The molecule has 124 valence electrons. The predicted molar refractivity (Wildman–Crippen MR) is 90.8 cm³/mol. The second-order valence-electron chi connectivity index (χ2n) is 6.05. The molecule has 0 bridgehead atoms. The molecule has 23 heavy (non-hydrogen) atoms. The van der Waals surface area contributed by atoms with Gasteiger partial charge in [0.05, 0.1) is 5.25 Å². The maximum atomic E-state index is 12.0. The van der Waals surface area contributed by atoms with Gasteiger partial charge in [0, 0.05) is 16.6 Å². The lowest BCUT2D eigenvalue weighted by Gasteiger charge is -2.20. The SMILES string of the molecule is C[C@@H](Sc1nc2ccc(Cl)cc2o1)C(=O)NC(=O)NC(C)(C)C. The molecule has 3 amide bonds. The maximum absolute atomic E-state index is 12.0. The van der Waals surface area contributed by atoms with Crippen LogP contribution in [0.2, 0.25) is 5.02 Å². The lowest BCUT2D eigenvalue weighted by molar-refractivity contribution is -0.119. The van der Waals surface area contributed by atoms with Gasteiger partial charge in [-0.15, -0.1) is 0 Å². The van der Waals surface area contributed by atoms with Gasteiger partial charge in [0.25, 0.3) is 5.22 Å². The number of hydrogen-bond donors (Lipinski definition) is 2. The van der Waals surface area contributed by atoms with Gasteiger partial charge >= 0.3 is 6.03 Å². The van der Waals surface area contributed by atoms with E-state index in [9.17, 15) is 9.59 Å². The number of carbonyl (C=O) groups is 2. The molecule has 0 aliphatic rings. The number of amides is 3. The van der Waals surface area contributed by atoms with E-state index in [1.165, 1.54) is 0 Å². The van der Waals surface area contributed by atoms with E-state index in [0.717, 1.165) is 11.8 Å². The first-order valence-corrected chi connectivity index (χ1v) is 8.25. The van der Waals surface area contributed by atoms with Crippen LogP contribution in [-0.2, 0) is 4.79 Å². The van der Waals surface area contributed by atoms with Gasteiger partial charge in [-0.25, -0.2) is 9.78 Å². The van der Waals surface area contributed by atoms with Crippen LogP contribution < -0.4 is 10.6 Å². The Morgan fingerprint density at radius 1 is 1.35 bits per heavy atom. The number of halogens is 1. The van der Waals surface area contributed by atoms with Crippen LogP contribution in [0, 0.1) is 0 Å². The van der Waals surface area contributed by atoms with Gasteiger partial charge in [-0.2, -0.15) is 0 Å². The number of benzene rings is 1.